The molecule has 0 radical (unpaired) electrons. The van der Waals surface area contributed by atoms with E-state index in [1.54, 1.807) is 6.20 Å². The summed E-state index contributed by atoms with van der Waals surface area (Å²) in [6, 6.07) is 10.7. The van der Waals surface area contributed by atoms with Gasteiger partial charge in [0.1, 0.15) is 5.82 Å². The average Bonchev–Trinajstić information content (AvgIpc) is 2.73. The first-order valence-corrected chi connectivity index (χ1v) is 10.6. The van der Waals surface area contributed by atoms with Crippen LogP contribution in [-0.4, -0.2) is 57.9 Å². The molecule has 1 amide bonds. The van der Waals surface area contributed by atoms with Crippen molar-refractivity contribution in [3.63, 3.8) is 0 Å². The lowest BCUT2D eigenvalue weighted by Crippen LogP contribution is -2.59. The molecule has 3 saturated heterocycles. The zero-order valence-electron chi connectivity index (χ0n) is 16.6. The molecule has 1 aromatic carbocycles. The van der Waals surface area contributed by atoms with Crippen LogP contribution in [0.5, 0.6) is 0 Å². The molecule has 3 fully saturated rings. The lowest BCUT2D eigenvalue weighted by Gasteiger charge is -2.52. The van der Waals surface area contributed by atoms with Gasteiger partial charge in [0, 0.05) is 37.4 Å². The Kier molecular flexibility index (Phi) is 4.63. The third kappa shape index (κ3) is 3.22. The van der Waals surface area contributed by atoms with Crippen LogP contribution in [0.3, 0.4) is 0 Å². The van der Waals surface area contributed by atoms with Gasteiger partial charge in [0.25, 0.3) is 5.91 Å². The number of nitrogens with zero attached hydrogens (tertiary/aromatic N) is 4. The standard InChI is InChI=1S/C23H28N4O/c1-16-24-12-20(22(25-16)18-7-3-2-4-8-18)23(28)27-14-17-11-19(15-27)21-9-5-6-10-26(21)13-17/h2-4,7-8,12,17,19,21H,5-6,9-11,13-15H2,1H3/t17-,19-,21+/m1/s1. The number of carbonyl (C=O) groups is 1. The Morgan fingerprint density at radius 2 is 1.96 bits per heavy atom. The van der Waals surface area contributed by atoms with Gasteiger partial charge in [0.15, 0.2) is 0 Å². The monoisotopic (exact) mass is 376 g/mol. The van der Waals surface area contributed by atoms with Crippen molar-refractivity contribution in [3.8, 4) is 11.3 Å². The number of hydrogen-bond donors (Lipinski definition) is 0. The molecule has 2 aromatic rings. The first kappa shape index (κ1) is 17.8. The lowest BCUT2D eigenvalue weighted by atomic mass is 9.76. The van der Waals surface area contributed by atoms with Gasteiger partial charge in [0.2, 0.25) is 0 Å². The third-order valence-corrected chi connectivity index (χ3v) is 6.74. The topological polar surface area (TPSA) is 49.3 Å². The highest BCUT2D eigenvalue weighted by molar-refractivity contribution is 5.99. The van der Waals surface area contributed by atoms with Crippen molar-refractivity contribution in [2.45, 2.75) is 38.6 Å². The summed E-state index contributed by atoms with van der Waals surface area (Å²) in [6.07, 6.45) is 6.97. The van der Waals surface area contributed by atoms with Crippen molar-refractivity contribution >= 4 is 5.91 Å². The minimum absolute atomic E-state index is 0.0952. The highest BCUT2D eigenvalue weighted by Gasteiger charge is 2.43. The normalized spacial score (nSPS) is 27.3. The van der Waals surface area contributed by atoms with Crippen molar-refractivity contribution in [3.05, 3.63) is 47.9 Å². The van der Waals surface area contributed by atoms with Crippen LogP contribution < -0.4 is 0 Å². The van der Waals surface area contributed by atoms with E-state index in [-0.39, 0.29) is 5.91 Å². The summed E-state index contributed by atoms with van der Waals surface area (Å²) in [6.45, 7) is 6.01. The highest BCUT2D eigenvalue weighted by atomic mass is 16.2. The lowest BCUT2D eigenvalue weighted by molar-refractivity contribution is -0.0243. The Balaban J connectivity index is 1.43. The zero-order chi connectivity index (χ0) is 19.1. The molecule has 5 rings (SSSR count). The fourth-order valence-electron chi connectivity index (χ4n) is 5.55. The summed E-state index contributed by atoms with van der Waals surface area (Å²) < 4.78 is 0. The van der Waals surface area contributed by atoms with E-state index in [2.05, 4.69) is 19.8 Å². The molecule has 1 aromatic heterocycles. The molecule has 0 unspecified atom stereocenters. The van der Waals surface area contributed by atoms with Gasteiger partial charge in [0.05, 0.1) is 11.3 Å². The van der Waals surface area contributed by atoms with E-state index in [0.29, 0.717) is 29.3 Å². The number of hydrogen-bond acceptors (Lipinski definition) is 4. The molecule has 28 heavy (non-hydrogen) atoms. The highest BCUT2D eigenvalue weighted by Crippen LogP contribution is 2.38. The molecular weight excluding hydrogens is 348 g/mol. The second-order valence-corrected chi connectivity index (χ2v) is 8.68. The largest absolute Gasteiger partial charge is 0.338 e. The fourth-order valence-corrected chi connectivity index (χ4v) is 5.55. The molecular formula is C23H28N4O. The zero-order valence-corrected chi connectivity index (χ0v) is 16.6. The van der Waals surface area contributed by atoms with Crippen LogP contribution in [0.25, 0.3) is 11.3 Å². The smallest absolute Gasteiger partial charge is 0.257 e. The molecule has 146 valence electrons. The van der Waals surface area contributed by atoms with Crippen molar-refractivity contribution < 1.29 is 4.79 Å². The van der Waals surface area contributed by atoms with Crippen molar-refractivity contribution in [2.75, 3.05) is 26.2 Å². The maximum atomic E-state index is 13.5. The molecule has 5 nitrogen and oxygen atoms in total. The number of likely N-dealkylation sites (tertiary alicyclic amines) is 1. The molecule has 3 aliphatic rings. The Morgan fingerprint density at radius 3 is 2.82 bits per heavy atom. The minimum atomic E-state index is 0.0952. The summed E-state index contributed by atoms with van der Waals surface area (Å²) in [7, 11) is 0. The van der Waals surface area contributed by atoms with Crippen LogP contribution in [0.1, 0.15) is 41.9 Å². The second-order valence-electron chi connectivity index (χ2n) is 8.68. The van der Waals surface area contributed by atoms with E-state index in [4.69, 9.17) is 0 Å². The average molecular weight is 377 g/mol. The molecule has 5 heteroatoms. The Hall–Kier alpha value is -2.27. The quantitative estimate of drug-likeness (QED) is 0.806. The molecule has 0 spiro atoms. The molecule has 3 aliphatic heterocycles. The fraction of sp³-hybridized carbons (Fsp3) is 0.522. The van der Waals surface area contributed by atoms with Gasteiger partial charge in [-0.05, 0) is 44.6 Å². The first-order valence-electron chi connectivity index (χ1n) is 10.6. The molecule has 2 bridgehead atoms. The van der Waals surface area contributed by atoms with E-state index in [0.717, 1.165) is 30.9 Å². The van der Waals surface area contributed by atoms with Gasteiger partial charge in [-0.2, -0.15) is 0 Å². The maximum Gasteiger partial charge on any atom is 0.257 e. The Bertz CT molecular complexity index is 868. The number of aryl methyl sites for hydroxylation is 1. The number of piperidine rings is 3. The molecule has 0 saturated carbocycles. The summed E-state index contributed by atoms with van der Waals surface area (Å²) in [4.78, 5) is 27.3. The first-order chi connectivity index (χ1) is 13.7. The number of fused-ring (bicyclic) bond motifs is 4. The molecule has 0 N–H and O–H groups in total. The van der Waals surface area contributed by atoms with Crippen LogP contribution in [0.15, 0.2) is 36.5 Å². The summed E-state index contributed by atoms with van der Waals surface area (Å²) >= 11 is 0. The third-order valence-electron chi connectivity index (χ3n) is 6.74. The van der Waals surface area contributed by atoms with Crippen molar-refractivity contribution in [1.82, 2.24) is 19.8 Å². The number of benzene rings is 1. The SMILES string of the molecule is Cc1ncc(C(=O)N2C[C@@H]3C[C@H](C2)[C@@H]2CCCCN2C3)c(-c2ccccc2)n1. The number of carbonyl (C=O) groups excluding carboxylic acids is 1. The van der Waals surface area contributed by atoms with E-state index < -0.39 is 0 Å². The number of aromatic nitrogens is 2. The molecule has 3 atom stereocenters. The Labute approximate surface area is 166 Å². The maximum absolute atomic E-state index is 13.5. The predicted octanol–water partition coefficient (Wildman–Crippen LogP) is 3.40. The Morgan fingerprint density at radius 1 is 1.11 bits per heavy atom. The number of rotatable bonds is 2. The summed E-state index contributed by atoms with van der Waals surface area (Å²) in [5.74, 6) is 2.01. The van der Waals surface area contributed by atoms with Crippen molar-refractivity contribution in [1.29, 1.82) is 0 Å². The van der Waals surface area contributed by atoms with Crippen LogP contribution in [0, 0.1) is 18.8 Å². The van der Waals surface area contributed by atoms with E-state index in [9.17, 15) is 4.79 Å². The van der Waals surface area contributed by atoms with Gasteiger partial charge in [-0.1, -0.05) is 36.8 Å². The minimum Gasteiger partial charge on any atom is -0.338 e. The van der Waals surface area contributed by atoms with Crippen molar-refractivity contribution in [2.24, 2.45) is 11.8 Å². The summed E-state index contributed by atoms with van der Waals surface area (Å²) in [5, 5.41) is 0. The number of amides is 1. The van der Waals surface area contributed by atoms with Crippen LogP contribution in [0.4, 0.5) is 0 Å². The van der Waals surface area contributed by atoms with E-state index in [1.165, 1.54) is 32.2 Å². The molecule has 0 aliphatic carbocycles. The van der Waals surface area contributed by atoms with Crippen LogP contribution in [-0.2, 0) is 0 Å². The molecule has 4 heterocycles. The van der Waals surface area contributed by atoms with Gasteiger partial charge in [-0.15, -0.1) is 0 Å². The van der Waals surface area contributed by atoms with E-state index in [1.807, 2.05) is 37.3 Å². The summed E-state index contributed by atoms with van der Waals surface area (Å²) in [5.41, 5.74) is 2.37. The van der Waals surface area contributed by atoms with Gasteiger partial charge in [-0.25, -0.2) is 9.97 Å². The van der Waals surface area contributed by atoms with Gasteiger partial charge >= 0.3 is 0 Å². The van der Waals surface area contributed by atoms with Crippen LogP contribution in [0.2, 0.25) is 0 Å². The van der Waals surface area contributed by atoms with E-state index >= 15 is 0 Å². The van der Waals surface area contributed by atoms with Gasteiger partial charge < -0.3 is 4.90 Å². The van der Waals surface area contributed by atoms with Gasteiger partial charge in [-0.3, -0.25) is 9.69 Å². The second kappa shape index (κ2) is 7.28. The predicted molar refractivity (Wildman–Crippen MR) is 109 cm³/mol. The van der Waals surface area contributed by atoms with Crippen LogP contribution >= 0.6 is 0 Å².